The molecule has 1 aromatic heterocycles. The molecule has 0 radical (unpaired) electrons. The molecule has 4 aromatic carbocycles. The lowest BCUT2D eigenvalue weighted by atomic mass is 9.77. The summed E-state index contributed by atoms with van der Waals surface area (Å²) in [6.07, 6.45) is 0. The quantitative estimate of drug-likeness (QED) is 0.297. The number of hydrogen-bond donors (Lipinski definition) is 1. The summed E-state index contributed by atoms with van der Waals surface area (Å²) in [5.41, 5.74) is 2.82. The van der Waals surface area contributed by atoms with Gasteiger partial charge in [0, 0.05) is 9.86 Å². The van der Waals surface area contributed by atoms with Crippen LogP contribution in [0.5, 0.6) is 0 Å². The number of carboxylic acid groups (broad SMARTS) is 1. The van der Waals surface area contributed by atoms with E-state index in [1.165, 1.54) is 0 Å². The van der Waals surface area contributed by atoms with Crippen LogP contribution in [0.1, 0.15) is 27.2 Å². The second-order valence-corrected chi connectivity index (χ2v) is 8.45. The second-order valence-electron chi connectivity index (χ2n) is 7.54. The fourth-order valence-corrected chi connectivity index (χ4v) is 4.82. The third-order valence-electron chi connectivity index (χ3n) is 5.73. The number of rotatable bonds is 5. The lowest BCUT2D eigenvalue weighted by Gasteiger charge is -2.37. The summed E-state index contributed by atoms with van der Waals surface area (Å²) < 4.78 is 2.79. The number of aromatic carboxylic acids is 1. The first-order chi connectivity index (χ1) is 15.6. The van der Waals surface area contributed by atoms with E-state index in [0.717, 1.165) is 26.7 Å². The van der Waals surface area contributed by atoms with Crippen molar-refractivity contribution in [1.82, 2.24) is 9.78 Å². The van der Waals surface area contributed by atoms with Gasteiger partial charge in [0.1, 0.15) is 5.54 Å². The molecule has 32 heavy (non-hydrogen) atoms. The number of carboxylic acids is 1. The summed E-state index contributed by atoms with van der Waals surface area (Å²) in [5, 5.41) is 15.3. The lowest BCUT2D eigenvalue weighted by Crippen LogP contribution is -2.38. The number of halogens is 1. The highest BCUT2D eigenvalue weighted by Crippen LogP contribution is 2.43. The summed E-state index contributed by atoms with van der Waals surface area (Å²) >= 11 is 3.63. The van der Waals surface area contributed by atoms with Gasteiger partial charge in [0.15, 0.2) is 5.69 Å². The molecule has 0 aliphatic rings. The minimum Gasteiger partial charge on any atom is -0.476 e. The summed E-state index contributed by atoms with van der Waals surface area (Å²) in [4.78, 5) is 12.1. The maximum atomic E-state index is 12.1. The zero-order valence-corrected chi connectivity index (χ0v) is 18.6. The highest BCUT2D eigenvalue weighted by molar-refractivity contribution is 9.10. The maximum absolute atomic E-state index is 12.1. The van der Waals surface area contributed by atoms with Gasteiger partial charge < -0.3 is 5.11 Å². The Bertz CT molecular complexity index is 1370. The van der Waals surface area contributed by atoms with Crippen molar-refractivity contribution in [3.63, 3.8) is 0 Å². The second kappa shape index (κ2) is 8.09. The van der Waals surface area contributed by atoms with Crippen LogP contribution in [0.2, 0.25) is 0 Å². The SMILES string of the molecule is O=C(O)c1nn(C(c2ccccc2)(c2ccccc2)c2cccc(Br)c2)c2ccccc12. The van der Waals surface area contributed by atoms with E-state index in [1.807, 2.05) is 77.5 Å². The number of hydrogen-bond acceptors (Lipinski definition) is 2. The van der Waals surface area contributed by atoms with Gasteiger partial charge in [0.2, 0.25) is 0 Å². The van der Waals surface area contributed by atoms with Crippen molar-refractivity contribution in [2.75, 3.05) is 0 Å². The maximum Gasteiger partial charge on any atom is 0.357 e. The minimum atomic E-state index is -1.05. The Labute approximate surface area is 193 Å². The molecule has 4 nitrogen and oxygen atoms in total. The van der Waals surface area contributed by atoms with Crippen molar-refractivity contribution in [1.29, 1.82) is 0 Å². The molecule has 0 atom stereocenters. The van der Waals surface area contributed by atoms with Gasteiger partial charge in [-0.05, 0) is 34.9 Å². The predicted octanol–water partition coefficient (Wildman–Crippen LogP) is 6.34. The number of fused-ring (bicyclic) bond motifs is 1. The van der Waals surface area contributed by atoms with Gasteiger partial charge in [-0.2, -0.15) is 5.10 Å². The topological polar surface area (TPSA) is 55.1 Å². The van der Waals surface area contributed by atoms with Gasteiger partial charge in [0.25, 0.3) is 0 Å². The molecule has 0 spiro atoms. The zero-order valence-electron chi connectivity index (χ0n) is 17.0. The van der Waals surface area contributed by atoms with E-state index in [2.05, 4.69) is 52.3 Å². The number of benzene rings is 4. The molecular formula is C27H19BrN2O2. The standard InChI is InChI=1S/C27H19BrN2O2/c28-22-15-9-14-21(18-22)27(19-10-3-1-4-11-19,20-12-5-2-6-13-20)30-24-17-8-7-16-23(24)25(29-30)26(31)32/h1-18H,(H,31,32). The smallest absolute Gasteiger partial charge is 0.357 e. The van der Waals surface area contributed by atoms with Crippen LogP contribution in [0.15, 0.2) is 114 Å². The van der Waals surface area contributed by atoms with Crippen LogP contribution in [0.4, 0.5) is 0 Å². The molecule has 0 saturated heterocycles. The predicted molar refractivity (Wildman–Crippen MR) is 129 cm³/mol. The Kier molecular flexibility index (Phi) is 5.11. The average Bonchev–Trinajstić information content (AvgIpc) is 3.22. The van der Waals surface area contributed by atoms with E-state index in [4.69, 9.17) is 5.10 Å². The molecule has 5 aromatic rings. The Balaban J connectivity index is 2.01. The third kappa shape index (κ3) is 3.13. The molecule has 5 heteroatoms. The van der Waals surface area contributed by atoms with Gasteiger partial charge in [-0.25, -0.2) is 9.48 Å². The molecular weight excluding hydrogens is 464 g/mol. The first kappa shape index (κ1) is 20.2. The Hall–Kier alpha value is -3.70. The summed E-state index contributed by atoms with van der Waals surface area (Å²) in [5.74, 6) is -1.05. The Morgan fingerprint density at radius 2 is 1.31 bits per heavy atom. The van der Waals surface area contributed by atoms with Crippen molar-refractivity contribution < 1.29 is 9.90 Å². The van der Waals surface area contributed by atoms with Gasteiger partial charge in [-0.1, -0.05) is 107 Å². The Morgan fingerprint density at radius 3 is 1.91 bits per heavy atom. The fourth-order valence-electron chi connectivity index (χ4n) is 4.42. The van der Waals surface area contributed by atoms with Crippen LogP contribution < -0.4 is 0 Å². The molecule has 0 fully saturated rings. The molecule has 0 aliphatic heterocycles. The van der Waals surface area contributed by atoms with Crippen LogP contribution >= 0.6 is 15.9 Å². The Morgan fingerprint density at radius 1 is 0.750 bits per heavy atom. The number of nitrogens with zero attached hydrogens (tertiary/aromatic N) is 2. The molecule has 0 amide bonds. The molecule has 0 saturated carbocycles. The first-order valence-electron chi connectivity index (χ1n) is 10.2. The van der Waals surface area contributed by atoms with E-state index in [1.54, 1.807) is 0 Å². The summed E-state index contributed by atoms with van der Waals surface area (Å²) in [6, 6.07) is 35.8. The van der Waals surface area contributed by atoms with Gasteiger partial charge in [-0.15, -0.1) is 0 Å². The van der Waals surface area contributed by atoms with E-state index < -0.39 is 11.5 Å². The van der Waals surface area contributed by atoms with E-state index in [9.17, 15) is 9.90 Å². The zero-order chi connectivity index (χ0) is 22.1. The van der Waals surface area contributed by atoms with Crippen molar-refractivity contribution in [2.24, 2.45) is 0 Å². The largest absolute Gasteiger partial charge is 0.476 e. The fraction of sp³-hybridized carbons (Fsp3) is 0.0370. The van der Waals surface area contributed by atoms with E-state index in [-0.39, 0.29) is 5.69 Å². The van der Waals surface area contributed by atoms with E-state index >= 15 is 0 Å². The molecule has 156 valence electrons. The van der Waals surface area contributed by atoms with Gasteiger partial charge in [-0.3, -0.25) is 0 Å². The minimum absolute atomic E-state index is 0.0341. The molecule has 1 heterocycles. The molecule has 0 bridgehead atoms. The molecule has 0 unspecified atom stereocenters. The number of para-hydroxylation sites is 1. The summed E-state index contributed by atoms with van der Waals surface area (Å²) in [7, 11) is 0. The van der Waals surface area contributed by atoms with Crippen molar-refractivity contribution in [3.05, 3.63) is 136 Å². The average molecular weight is 483 g/mol. The molecule has 1 N–H and O–H groups in total. The van der Waals surface area contributed by atoms with Gasteiger partial charge >= 0.3 is 5.97 Å². The van der Waals surface area contributed by atoms with Crippen molar-refractivity contribution >= 4 is 32.8 Å². The van der Waals surface area contributed by atoms with E-state index in [0.29, 0.717) is 5.39 Å². The number of aromatic nitrogens is 2. The van der Waals surface area contributed by atoms with Crippen LogP contribution in [-0.2, 0) is 5.54 Å². The molecule has 5 rings (SSSR count). The van der Waals surface area contributed by atoms with Crippen molar-refractivity contribution in [2.45, 2.75) is 5.54 Å². The van der Waals surface area contributed by atoms with Crippen LogP contribution in [0, 0.1) is 0 Å². The highest BCUT2D eigenvalue weighted by atomic mass is 79.9. The monoisotopic (exact) mass is 482 g/mol. The van der Waals surface area contributed by atoms with Crippen LogP contribution in [0.25, 0.3) is 10.9 Å². The normalized spacial score (nSPS) is 11.5. The lowest BCUT2D eigenvalue weighted by molar-refractivity contribution is 0.0691. The number of carbonyl (C=O) groups is 1. The summed E-state index contributed by atoms with van der Waals surface area (Å²) in [6.45, 7) is 0. The van der Waals surface area contributed by atoms with Gasteiger partial charge in [0.05, 0.1) is 5.52 Å². The molecule has 0 aliphatic carbocycles. The highest BCUT2D eigenvalue weighted by Gasteiger charge is 2.41. The van der Waals surface area contributed by atoms with Crippen LogP contribution in [0.3, 0.4) is 0 Å². The van der Waals surface area contributed by atoms with Crippen molar-refractivity contribution in [3.8, 4) is 0 Å². The third-order valence-corrected chi connectivity index (χ3v) is 6.23. The van der Waals surface area contributed by atoms with Crippen LogP contribution in [-0.4, -0.2) is 20.9 Å². The first-order valence-corrected chi connectivity index (χ1v) is 11.0.